The molecule has 1 aromatic carbocycles. The smallest absolute Gasteiger partial charge is 0.341 e. The van der Waals surface area contributed by atoms with Crippen LogP contribution in [0.1, 0.15) is 17.3 Å². The lowest BCUT2D eigenvalue weighted by Crippen LogP contribution is -2.05. The fraction of sp³-hybridized carbons (Fsp3) is 0.182. The van der Waals surface area contributed by atoms with Gasteiger partial charge < -0.3 is 16.2 Å². The van der Waals surface area contributed by atoms with Gasteiger partial charge >= 0.3 is 5.97 Å². The lowest BCUT2D eigenvalue weighted by Gasteiger charge is -2.03. The van der Waals surface area contributed by atoms with Crippen LogP contribution in [0.15, 0.2) is 6.07 Å². The van der Waals surface area contributed by atoms with Gasteiger partial charge in [-0.15, -0.1) is 0 Å². The quantitative estimate of drug-likeness (QED) is 0.702. The number of carbonyl (C=O) groups excluding carboxylic acids is 1. The van der Waals surface area contributed by atoms with Crippen molar-refractivity contribution < 1.29 is 9.53 Å². The molecule has 0 fully saturated rings. The second-order valence-electron chi connectivity index (χ2n) is 3.77. The fourth-order valence-corrected chi connectivity index (χ4v) is 3.64. The number of nitrogens with two attached hydrogens (primary N) is 2. The summed E-state index contributed by atoms with van der Waals surface area (Å²) in [6.45, 7) is 2.07. The molecule has 4 N–H and O–H groups in total. The summed E-state index contributed by atoms with van der Waals surface area (Å²) in [6.07, 6.45) is 0. The minimum atomic E-state index is -0.398. The van der Waals surface area contributed by atoms with Crippen molar-refractivity contribution in [3.05, 3.63) is 11.6 Å². The van der Waals surface area contributed by atoms with Crippen molar-refractivity contribution in [3.8, 4) is 0 Å². The van der Waals surface area contributed by atoms with E-state index in [2.05, 4.69) is 9.97 Å². The number of hydrogen-bond acceptors (Lipinski definition) is 8. The third-order valence-electron chi connectivity index (χ3n) is 2.55. The van der Waals surface area contributed by atoms with E-state index in [0.717, 1.165) is 0 Å². The molecule has 98 valence electrons. The summed E-state index contributed by atoms with van der Waals surface area (Å²) in [4.78, 5) is 20.5. The van der Waals surface area contributed by atoms with E-state index in [4.69, 9.17) is 16.2 Å². The maximum atomic E-state index is 12.1. The molecule has 0 spiro atoms. The van der Waals surface area contributed by atoms with E-state index < -0.39 is 5.97 Å². The van der Waals surface area contributed by atoms with Crippen LogP contribution in [0.4, 0.5) is 10.3 Å². The molecule has 2 aromatic heterocycles. The predicted molar refractivity (Wildman–Crippen MR) is 77.6 cm³/mol. The second-order valence-corrected chi connectivity index (χ2v) is 5.83. The number of thiazole rings is 2. The van der Waals surface area contributed by atoms with Gasteiger partial charge in [0.1, 0.15) is 0 Å². The van der Waals surface area contributed by atoms with Gasteiger partial charge in [0, 0.05) is 0 Å². The number of hydrogen-bond donors (Lipinski definition) is 2. The molecule has 0 unspecified atom stereocenters. The minimum Gasteiger partial charge on any atom is -0.462 e. The summed E-state index contributed by atoms with van der Waals surface area (Å²) in [5.41, 5.74) is 13.2. The summed E-state index contributed by atoms with van der Waals surface area (Å²) < 4.78 is 6.53. The van der Waals surface area contributed by atoms with Crippen LogP contribution in [0.5, 0.6) is 0 Å². The molecule has 0 aliphatic carbocycles. The average molecular weight is 294 g/mol. The number of aromatic nitrogens is 2. The number of carbonyl (C=O) groups is 1. The number of fused-ring (bicyclic) bond motifs is 2. The number of esters is 1. The highest BCUT2D eigenvalue weighted by Gasteiger charge is 2.21. The first-order chi connectivity index (χ1) is 9.10. The lowest BCUT2D eigenvalue weighted by molar-refractivity contribution is 0.0531. The van der Waals surface area contributed by atoms with E-state index in [-0.39, 0.29) is 0 Å². The van der Waals surface area contributed by atoms with Crippen LogP contribution in [0.25, 0.3) is 20.4 Å². The predicted octanol–water partition coefficient (Wildman–Crippen LogP) is 2.25. The Bertz CT molecular complexity index is 738. The zero-order valence-electron chi connectivity index (χ0n) is 9.97. The van der Waals surface area contributed by atoms with Gasteiger partial charge in [0.25, 0.3) is 0 Å². The van der Waals surface area contributed by atoms with Crippen LogP contribution < -0.4 is 11.5 Å². The Hall–Kier alpha value is -1.93. The molecule has 0 aliphatic heterocycles. The summed E-state index contributed by atoms with van der Waals surface area (Å²) in [5, 5.41) is 0.817. The maximum absolute atomic E-state index is 12.1. The maximum Gasteiger partial charge on any atom is 0.341 e. The molecule has 0 amide bonds. The van der Waals surface area contributed by atoms with Crippen molar-refractivity contribution in [1.29, 1.82) is 0 Å². The van der Waals surface area contributed by atoms with Gasteiger partial charge in [-0.3, -0.25) is 0 Å². The molecule has 6 nitrogen and oxygen atoms in total. The molecule has 0 saturated heterocycles. The third-order valence-corrected chi connectivity index (χ3v) is 4.38. The van der Waals surface area contributed by atoms with Gasteiger partial charge in [0.15, 0.2) is 10.3 Å². The van der Waals surface area contributed by atoms with Gasteiger partial charge in [-0.1, -0.05) is 22.7 Å². The van der Waals surface area contributed by atoms with Crippen molar-refractivity contribution in [2.75, 3.05) is 18.1 Å². The van der Waals surface area contributed by atoms with Crippen molar-refractivity contribution >= 4 is 59.3 Å². The largest absolute Gasteiger partial charge is 0.462 e. The Morgan fingerprint density at radius 1 is 1.21 bits per heavy atom. The molecule has 19 heavy (non-hydrogen) atoms. The molecule has 8 heteroatoms. The van der Waals surface area contributed by atoms with Crippen LogP contribution in [-0.2, 0) is 4.74 Å². The Labute approximate surface area is 116 Å². The molecule has 0 radical (unpaired) electrons. The van der Waals surface area contributed by atoms with Crippen molar-refractivity contribution in [3.63, 3.8) is 0 Å². The number of benzene rings is 1. The molecule has 3 rings (SSSR count). The van der Waals surface area contributed by atoms with E-state index >= 15 is 0 Å². The first-order valence-electron chi connectivity index (χ1n) is 5.52. The number of rotatable bonds is 2. The first-order valence-corrected chi connectivity index (χ1v) is 7.15. The Balaban J connectivity index is 2.41. The number of nitrogens with zero attached hydrogens (tertiary/aromatic N) is 2. The molecule has 0 bridgehead atoms. The fourth-order valence-electron chi connectivity index (χ4n) is 1.87. The highest BCUT2D eigenvalue weighted by atomic mass is 32.1. The van der Waals surface area contributed by atoms with Crippen LogP contribution in [0.2, 0.25) is 0 Å². The highest BCUT2D eigenvalue weighted by molar-refractivity contribution is 7.25. The van der Waals surface area contributed by atoms with Gasteiger partial charge in [0.05, 0.1) is 32.6 Å². The molecule has 0 atom stereocenters. The van der Waals surface area contributed by atoms with Crippen molar-refractivity contribution in [2.45, 2.75) is 6.92 Å². The topological polar surface area (TPSA) is 104 Å². The average Bonchev–Trinajstić information content (AvgIpc) is 2.86. The number of anilines is 2. The monoisotopic (exact) mass is 294 g/mol. The molecule has 3 aromatic rings. The summed E-state index contributed by atoms with van der Waals surface area (Å²) >= 11 is 2.52. The SMILES string of the molecule is CCOC(=O)c1c2sc(N)nc2cc2nc(N)sc12. The minimum absolute atomic E-state index is 0.305. The molecule has 0 saturated carbocycles. The highest BCUT2D eigenvalue weighted by Crippen LogP contribution is 2.37. The van der Waals surface area contributed by atoms with Crippen molar-refractivity contribution in [1.82, 2.24) is 9.97 Å². The van der Waals surface area contributed by atoms with Crippen LogP contribution in [0.3, 0.4) is 0 Å². The molecule has 0 aliphatic rings. The number of ether oxygens (including phenoxy) is 1. The van der Waals surface area contributed by atoms with E-state index in [1.54, 1.807) is 13.0 Å². The lowest BCUT2D eigenvalue weighted by atomic mass is 10.2. The summed E-state index contributed by atoms with van der Waals surface area (Å²) in [6, 6.07) is 1.78. The molecule has 2 heterocycles. The van der Waals surface area contributed by atoms with Gasteiger partial charge in [-0.25, -0.2) is 14.8 Å². The zero-order chi connectivity index (χ0) is 13.6. The number of nitrogen functional groups attached to an aromatic ring is 2. The third kappa shape index (κ3) is 1.89. The second kappa shape index (κ2) is 4.32. The summed E-state index contributed by atoms with van der Waals surface area (Å²) in [7, 11) is 0. The first kappa shape index (κ1) is 12.1. The van der Waals surface area contributed by atoms with Crippen LogP contribution in [-0.4, -0.2) is 22.5 Å². The normalized spacial score (nSPS) is 11.2. The summed E-state index contributed by atoms with van der Waals surface area (Å²) in [5.74, 6) is -0.398. The van der Waals surface area contributed by atoms with E-state index in [9.17, 15) is 4.79 Å². The Morgan fingerprint density at radius 2 is 1.74 bits per heavy atom. The van der Waals surface area contributed by atoms with E-state index in [1.165, 1.54) is 22.7 Å². The molecular weight excluding hydrogens is 284 g/mol. The zero-order valence-corrected chi connectivity index (χ0v) is 11.6. The van der Waals surface area contributed by atoms with Gasteiger partial charge in [-0.05, 0) is 13.0 Å². The Kier molecular flexibility index (Phi) is 2.76. The van der Waals surface area contributed by atoms with Gasteiger partial charge in [0.2, 0.25) is 0 Å². The standard InChI is InChI=1S/C11H10N4O2S2/c1-2-17-9(16)6-7-4(14-10(12)18-7)3-5-8(6)19-11(13)15-5/h3H,2H2,1H3,(H2,12,14)(H2,13,15). The van der Waals surface area contributed by atoms with E-state index in [0.29, 0.717) is 42.9 Å². The van der Waals surface area contributed by atoms with Gasteiger partial charge in [-0.2, -0.15) is 0 Å². The molecular formula is C11H10N4O2S2. The van der Waals surface area contributed by atoms with Crippen LogP contribution in [0, 0.1) is 0 Å². The van der Waals surface area contributed by atoms with E-state index in [1.807, 2.05) is 0 Å². The Morgan fingerprint density at radius 3 is 2.21 bits per heavy atom. The van der Waals surface area contributed by atoms with Crippen molar-refractivity contribution in [2.24, 2.45) is 0 Å². The van der Waals surface area contributed by atoms with Crippen LogP contribution >= 0.6 is 22.7 Å².